The smallest absolute Gasteiger partial charge is 0.242 e. The first-order chi connectivity index (χ1) is 8.27. The fraction of sp³-hybridized carbons (Fsp3) is 0.364. The van der Waals surface area contributed by atoms with Gasteiger partial charge in [0, 0.05) is 4.47 Å². The van der Waals surface area contributed by atoms with Gasteiger partial charge in [-0.2, -0.15) is 0 Å². The van der Waals surface area contributed by atoms with Crippen LogP contribution in [-0.2, 0) is 10.0 Å². The molecule has 0 aliphatic carbocycles. The van der Waals surface area contributed by atoms with E-state index in [1.54, 1.807) is 13.0 Å². The maximum atomic E-state index is 12.1. The molecule has 0 heterocycles. The van der Waals surface area contributed by atoms with Gasteiger partial charge in [0.2, 0.25) is 10.0 Å². The Balaban J connectivity index is 3.05. The van der Waals surface area contributed by atoms with Crippen molar-refractivity contribution in [3.05, 3.63) is 28.2 Å². The highest BCUT2D eigenvalue weighted by Crippen LogP contribution is 2.25. The van der Waals surface area contributed by atoms with E-state index < -0.39 is 15.3 Å². The van der Waals surface area contributed by atoms with Gasteiger partial charge >= 0.3 is 0 Å². The predicted octanol–water partition coefficient (Wildman–Crippen LogP) is 2.56. The van der Waals surface area contributed by atoms with E-state index >= 15 is 0 Å². The van der Waals surface area contributed by atoms with Crippen molar-refractivity contribution in [3.63, 3.8) is 0 Å². The lowest BCUT2D eigenvalue weighted by Gasteiger charge is -2.17. The first-order valence-electron chi connectivity index (χ1n) is 5.35. The molecule has 1 aromatic rings. The Morgan fingerprint density at radius 1 is 1.56 bits per heavy atom. The molecule has 3 N–H and O–H groups in total. The second-order valence-electron chi connectivity index (χ2n) is 3.93. The lowest BCUT2D eigenvalue weighted by molar-refractivity contribution is 0.594. The molecule has 0 aliphatic rings. The van der Waals surface area contributed by atoms with Crippen molar-refractivity contribution in [2.75, 3.05) is 4.72 Å². The molecule has 100 valence electrons. The second kappa shape index (κ2) is 5.99. The summed E-state index contributed by atoms with van der Waals surface area (Å²) in [5.41, 5.74) is 6.97. The highest BCUT2D eigenvalue weighted by molar-refractivity contribution is 9.10. The Kier molecular flexibility index (Phi) is 5.12. The Hall–Kier alpha value is -0.660. The van der Waals surface area contributed by atoms with Crippen LogP contribution in [0.3, 0.4) is 0 Å². The third-order valence-electron chi connectivity index (χ3n) is 2.44. The van der Waals surface area contributed by atoms with Crippen LogP contribution in [-0.4, -0.2) is 18.7 Å². The number of sulfonamides is 1. The number of nitrogens with two attached hydrogens (primary N) is 1. The fourth-order valence-corrected chi connectivity index (χ4v) is 4.14. The Morgan fingerprint density at radius 3 is 2.61 bits per heavy atom. The van der Waals surface area contributed by atoms with Crippen LogP contribution in [0.5, 0.6) is 0 Å². The van der Waals surface area contributed by atoms with Crippen LogP contribution in [0.25, 0.3) is 0 Å². The van der Waals surface area contributed by atoms with Gasteiger partial charge in [-0.15, -0.1) is 0 Å². The topological polar surface area (TPSA) is 72.2 Å². The molecule has 7 heteroatoms. The quantitative estimate of drug-likeness (QED) is 0.800. The summed E-state index contributed by atoms with van der Waals surface area (Å²) in [6, 6.07) is 5.35. The van der Waals surface area contributed by atoms with Crippen LogP contribution >= 0.6 is 28.1 Å². The number of nitrogens with one attached hydrogen (secondary N) is 1. The highest BCUT2D eigenvalue weighted by Gasteiger charge is 2.26. The summed E-state index contributed by atoms with van der Waals surface area (Å²) in [6.45, 7) is 3.65. The summed E-state index contributed by atoms with van der Waals surface area (Å²) >= 11 is 8.10. The zero-order valence-electron chi connectivity index (χ0n) is 10.1. The summed E-state index contributed by atoms with van der Waals surface area (Å²) < 4.78 is 27.4. The molecule has 0 radical (unpaired) electrons. The molecule has 1 rings (SSSR count). The van der Waals surface area contributed by atoms with Crippen molar-refractivity contribution >= 4 is 48.8 Å². The average Bonchev–Trinajstić information content (AvgIpc) is 2.22. The zero-order chi connectivity index (χ0) is 13.9. The number of rotatable bonds is 5. The van der Waals surface area contributed by atoms with Crippen molar-refractivity contribution in [2.45, 2.75) is 25.5 Å². The van der Waals surface area contributed by atoms with Crippen LogP contribution in [0, 0.1) is 6.92 Å². The van der Waals surface area contributed by atoms with E-state index in [1.165, 1.54) is 0 Å². The van der Waals surface area contributed by atoms with Crippen molar-refractivity contribution in [3.8, 4) is 0 Å². The lowest BCUT2D eigenvalue weighted by Crippen LogP contribution is -2.37. The summed E-state index contributed by atoms with van der Waals surface area (Å²) in [6.07, 6.45) is 0.341. The van der Waals surface area contributed by atoms with Crippen LogP contribution in [0.2, 0.25) is 0 Å². The molecule has 0 aliphatic heterocycles. The molecule has 1 aromatic carbocycles. The number of hydrogen-bond acceptors (Lipinski definition) is 3. The summed E-state index contributed by atoms with van der Waals surface area (Å²) in [7, 11) is -3.61. The third-order valence-corrected chi connectivity index (χ3v) is 5.37. The second-order valence-corrected chi connectivity index (χ2v) is 7.12. The number of halogens is 1. The van der Waals surface area contributed by atoms with Crippen molar-refractivity contribution in [1.82, 2.24) is 0 Å². The van der Waals surface area contributed by atoms with Gasteiger partial charge in [-0.1, -0.05) is 25.2 Å². The maximum Gasteiger partial charge on any atom is 0.242 e. The zero-order valence-corrected chi connectivity index (χ0v) is 13.3. The monoisotopic (exact) mass is 350 g/mol. The van der Waals surface area contributed by atoms with Gasteiger partial charge in [0.25, 0.3) is 0 Å². The third kappa shape index (κ3) is 3.66. The number of thiocarbonyl (C=S) groups is 1. The van der Waals surface area contributed by atoms with Gasteiger partial charge in [-0.3, -0.25) is 4.72 Å². The van der Waals surface area contributed by atoms with Crippen LogP contribution in [0.1, 0.15) is 18.9 Å². The van der Waals surface area contributed by atoms with E-state index in [1.807, 2.05) is 19.1 Å². The van der Waals surface area contributed by atoms with Gasteiger partial charge in [0.15, 0.2) is 0 Å². The standard InChI is InChI=1S/C11H15BrN2O2S2/c1-3-10(11(13)17)18(15,16)14-9-5-4-7(2)6-8(9)12/h4-6,10,14H,3H2,1-2H3,(H2,13,17). The van der Waals surface area contributed by atoms with Gasteiger partial charge < -0.3 is 5.73 Å². The summed E-state index contributed by atoms with van der Waals surface area (Å²) in [5.74, 6) is 0. The normalized spacial score (nSPS) is 13.1. The number of hydrogen-bond donors (Lipinski definition) is 2. The maximum absolute atomic E-state index is 12.1. The Morgan fingerprint density at radius 2 is 2.17 bits per heavy atom. The van der Waals surface area contributed by atoms with E-state index in [2.05, 4.69) is 20.7 Å². The first-order valence-corrected chi connectivity index (χ1v) is 8.09. The van der Waals surface area contributed by atoms with Crippen LogP contribution in [0.4, 0.5) is 5.69 Å². The largest absolute Gasteiger partial charge is 0.392 e. The van der Waals surface area contributed by atoms with Gasteiger partial charge in [-0.05, 0) is 47.0 Å². The number of benzene rings is 1. The Bertz CT molecular complexity index is 558. The van der Waals surface area contributed by atoms with Crippen LogP contribution in [0.15, 0.2) is 22.7 Å². The SMILES string of the molecule is CCC(C(N)=S)S(=O)(=O)Nc1ccc(C)cc1Br. The molecule has 0 bridgehead atoms. The van der Waals surface area contributed by atoms with Gasteiger partial charge in [0.05, 0.1) is 10.7 Å². The average molecular weight is 351 g/mol. The van der Waals surface area contributed by atoms with E-state index in [9.17, 15) is 8.42 Å². The van der Waals surface area contributed by atoms with E-state index in [0.717, 1.165) is 5.56 Å². The minimum atomic E-state index is -3.61. The van der Waals surface area contributed by atoms with Crippen molar-refractivity contribution in [2.24, 2.45) is 5.73 Å². The minimum absolute atomic E-state index is 0.0202. The molecular formula is C11H15BrN2O2S2. The molecule has 0 saturated carbocycles. The molecular weight excluding hydrogens is 336 g/mol. The van der Waals surface area contributed by atoms with Gasteiger partial charge in [0.1, 0.15) is 5.25 Å². The molecule has 0 saturated heterocycles. The minimum Gasteiger partial charge on any atom is -0.392 e. The summed E-state index contributed by atoms with van der Waals surface area (Å²) in [4.78, 5) is -0.0202. The number of aryl methyl sites for hydroxylation is 1. The lowest BCUT2D eigenvalue weighted by atomic mass is 10.2. The molecule has 0 amide bonds. The first kappa shape index (κ1) is 15.4. The van der Waals surface area contributed by atoms with E-state index in [-0.39, 0.29) is 4.99 Å². The van der Waals surface area contributed by atoms with E-state index in [4.69, 9.17) is 18.0 Å². The molecule has 0 fully saturated rings. The predicted molar refractivity (Wildman–Crippen MR) is 82.3 cm³/mol. The van der Waals surface area contributed by atoms with Gasteiger partial charge in [-0.25, -0.2) is 8.42 Å². The van der Waals surface area contributed by atoms with Crippen molar-refractivity contribution < 1.29 is 8.42 Å². The van der Waals surface area contributed by atoms with E-state index in [0.29, 0.717) is 16.6 Å². The summed E-state index contributed by atoms with van der Waals surface area (Å²) in [5, 5.41) is -0.860. The number of anilines is 1. The molecule has 18 heavy (non-hydrogen) atoms. The molecule has 0 spiro atoms. The molecule has 4 nitrogen and oxygen atoms in total. The highest BCUT2D eigenvalue weighted by atomic mass is 79.9. The molecule has 1 unspecified atom stereocenters. The van der Waals surface area contributed by atoms with Crippen molar-refractivity contribution in [1.29, 1.82) is 0 Å². The fourth-order valence-electron chi connectivity index (χ4n) is 1.50. The molecule has 0 aromatic heterocycles. The Labute approximate surface area is 121 Å². The molecule has 1 atom stereocenters. The van der Waals surface area contributed by atoms with Crippen LogP contribution < -0.4 is 10.5 Å².